The van der Waals surface area contributed by atoms with Gasteiger partial charge in [-0.2, -0.15) is 0 Å². The third-order valence-electron chi connectivity index (χ3n) is 2.32. The molecule has 0 rings (SSSR count). The fraction of sp³-hybridized carbons (Fsp3) is 0.412. The summed E-state index contributed by atoms with van der Waals surface area (Å²) in [6.07, 6.45) is 12.9. The molecular formula is C17H26O. The lowest BCUT2D eigenvalue weighted by molar-refractivity contribution is 0.207. The van der Waals surface area contributed by atoms with Crippen molar-refractivity contribution >= 4 is 0 Å². The Balaban J connectivity index is 4.63. The Labute approximate surface area is 112 Å². The first-order chi connectivity index (χ1) is 8.49. The quantitative estimate of drug-likeness (QED) is 0.335. The summed E-state index contributed by atoms with van der Waals surface area (Å²) in [5.74, 6) is 0. The second-order valence-electron chi connectivity index (χ2n) is 4.68. The van der Waals surface area contributed by atoms with E-state index in [9.17, 15) is 0 Å². The van der Waals surface area contributed by atoms with E-state index in [-0.39, 0.29) is 6.10 Å². The van der Waals surface area contributed by atoms with Gasteiger partial charge >= 0.3 is 0 Å². The molecule has 0 aromatic heterocycles. The Kier molecular flexibility index (Phi) is 8.73. The van der Waals surface area contributed by atoms with Crippen molar-refractivity contribution in [2.45, 2.75) is 47.1 Å². The molecule has 0 heterocycles. The van der Waals surface area contributed by atoms with Gasteiger partial charge in [0.25, 0.3) is 0 Å². The number of hydrogen-bond donors (Lipinski definition) is 0. The van der Waals surface area contributed by atoms with E-state index in [0.29, 0.717) is 0 Å². The average molecular weight is 246 g/mol. The second-order valence-corrected chi connectivity index (χ2v) is 4.68. The van der Waals surface area contributed by atoms with Crippen LogP contribution in [0.5, 0.6) is 0 Å². The van der Waals surface area contributed by atoms with Gasteiger partial charge < -0.3 is 4.74 Å². The predicted molar refractivity (Wildman–Crippen MR) is 81.4 cm³/mol. The predicted octanol–water partition coefficient (Wildman–Crippen LogP) is 5.34. The van der Waals surface area contributed by atoms with Crippen LogP contribution in [0.15, 0.2) is 59.9 Å². The summed E-state index contributed by atoms with van der Waals surface area (Å²) in [4.78, 5) is 0. The molecule has 1 atom stereocenters. The molecule has 1 unspecified atom stereocenters. The van der Waals surface area contributed by atoms with E-state index in [2.05, 4.69) is 52.5 Å². The van der Waals surface area contributed by atoms with Crippen molar-refractivity contribution in [1.82, 2.24) is 0 Å². The van der Waals surface area contributed by atoms with Crippen molar-refractivity contribution in [3.63, 3.8) is 0 Å². The third kappa shape index (κ3) is 7.72. The van der Waals surface area contributed by atoms with Crippen molar-refractivity contribution < 1.29 is 4.74 Å². The summed E-state index contributed by atoms with van der Waals surface area (Å²) < 4.78 is 5.72. The van der Waals surface area contributed by atoms with Gasteiger partial charge in [-0.15, -0.1) is 0 Å². The summed E-state index contributed by atoms with van der Waals surface area (Å²) in [5, 5.41) is 0. The van der Waals surface area contributed by atoms with Gasteiger partial charge in [-0.05, 0) is 51.3 Å². The molecule has 0 aliphatic heterocycles. The lowest BCUT2D eigenvalue weighted by atomic mass is 10.0. The molecule has 0 fully saturated rings. The summed E-state index contributed by atoms with van der Waals surface area (Å²) in [7, 11) is 0. The van der Waals surface area contributed by atoms with Crippen LogP contribution in [0.2, 0.25) is 0 Å². The molecule has 18 heavy (non-hydrogen) atoms. The number of hydrogen-bond acceptors (Lipinski definition) is 1. The SMILES string of the molecule is C=C(C)C(O/C=C/C=C\CC)/C(C)=C\C=C(C)C. The van der Waals surface area contributed by atoms with Gasteiger partial charge in [0.05, 0.1) is 6.26 Å². The first kappa shape index (κ1) is 16.5. The molecule has 0 radical (unpaired) electrons. The fourth-order valence-electron chi connectivity index (χ4n) is 1.38. The number of ether oxygens (including phenoxy) is 1. The van der Waals surface area contributed by atoms with Crippen LogP contribution in [0.1, 0.15) is 41.0 Å². The van der Waals surface area contributed by atoms with E-state index in [1.54, 1.807) is 6.26 Å². The zero-order valence-electron chi connectivity index (χ0n) is 12.4. The molecule has 0 saturated carbocycles. The van der Waals surface area contributed by atoms with Crippen LogP contribution in [-0.2, 0) is 4.74 Å². The molecule has 1 nitrogen and oxygen atoms in total. The van der Waals surface area contributed by atoms with Crippen LogP contribution < -0.4 is 0 Å². The molecule has 0 amide bonds. The number of allylic oxidation sites excluding steroid dienone is 6. The Bertz CT molecular complexity index is 363. The van der Waals surface area contributed by atoms with Gasteiger partial charge in [-0.3, -0.25) is 0 Å². The highest BCUT2D eigenvalue weighted by Crippen LogP contribution is 2.15. The highest BCUT2D eigenvalue weighted by Gasteiger charge is 2.10. The first-order valence-corrected chi connectivity index (χ1v) is 6.43. The molecule has 0 bridgehead atoms. The Morgan fingerprint density at radius 2 is 1.78 bits per heavy atom. The molecule has 0 aliphatic carbocycles. The zero-order valence-corrected chi connectivity index (χ0v) is 12.4. The minimum absolute atomic E-state index is 0.0492. The summed E-state index contributed by atoms with van der Waals surface area (Å²) in [6.45, 7) is 14.3. The third-order valence-corrected chi connectivity index (χ3v) is 2.32. The van der Waals surface area contributed by atoms with Gasteiger partial charge in [0.15, 0.2) is 0 Å². The largest absolute Gasteiger partial charge is 0.489 e. The van der Waals surface area contributed by atoms with Crippen LogP contribution in [0.25, 0.3) is 0 Å². The highest BCUT2D eigenvalue weighted by atomic mass is 16.5. The molecule has 0 saturated heterocycles. The van der Waals surface area contributed by atoms with Crippen molar-refractivity contribution in [2.24, 2.45) is 0 Å². The summed E-state index contributed by atoms with van der Waals surface area (Å²) in [5.41, 5.74) is 3.44. The average Bonchev–Trinajstić information content (AvgIpc) is 2.30. The Morgan fingerprint density at radius 3 is 2.28 bits per heavy atom. The maximum Gasteiger partial charge on any atom is 0.139 e. The lowest BCUT2D eigenvalue weighted by Gasteiger charge is -2.17. The van der Waals surface area contributed by atoms with Gasteiger partial charge in [-0.1, -0.05) is 43.4 Å². The van der Waals surface area contributed by atoms with E-state index in [0.717, 1.165) is 17.6 Å². The maximum atomic E-state index is 5.72. The lowest BCUT2D eigenvalue weighted by Crippen LogP contribution is -2.12. The van der Waals surface area contributed by atoms with Gasteiger partial charge in [0, 0.05) is 0 Å². The van der Waals surface area contributed by atoms with Crippen LogP contribution >= 0.6 is 0 Å². The summed E-state index contributed by atoms with van der Waals surface area (Å²) >= 11 is 0. The van der Waals surface area contributed by atoms with E-state index < -0.39 is 0 Å². The molecule has 0 N–H and O–H groups in total. The van der Waals surface area contributed by atoms with Crippen LogP contribution in [0, 0.1) is 0 Å². The molecule has 100 valence electrons. The van der Waals surface area contributed by atoms with E-state index in [4.69, 9.17) is 4.74 Å². The smallest absolute Gasteiger partial charge is 0.139 e. The first-order valence-electron chi connectivity index (χ1n) is 6.43. The van der Waals surface area contributed by atoms with Gasteiger partial charge in [0.2, 0.25) is 0 Å². The molecule has 1 heteroatoms. The molecule has 0 aromatic rings. The zero-order chi connectivity index (χ0) is 14.0. The monoisotopic (exact) mass is 246 g/mol. The Hall–Kier alpha value is -1.50. The van der Waals surface area contributed by atoms with E-state index in [1.807, 2.05) is 19.1 Å². The maximum absolute atomic E-state index is 5.72. The normalized spacial score (nSPS) is 13.9. The summed E-state index contributed by atoms with van der Waals surface area (Å²) in [6, 6.07) is 0. The molecule has 0 spiro atoms. The minimum Gasteiger partial charge on any atom is -0.489 e. The minimum atomic E-state index is -0.0492. The van der Waals surface area contributed by atoms with E-state index in [1.165, 1.54) is 5.57 Å². The van der Waals surface area contributed by atoms with Crippen LogP contribution in [0.3, 0.4) is 0 Å². The number of rotatable bonds is 7. The molecule has 0 aliphatic rings. The van der Waals surface area contributed by atoms with Crippen molar-refractivity contribution in [1.29, 1.82) is 0 Å². The van der Waals surface area contributed by atoms with Gasteiger partial charge in [-0.25, -0.2) is 0 Å². The van der Waals surface area contributed by atoms with Crippen LogP contribution in [0.4, 0.5) is 0 Å². The topological polar surface area (TPSA) is 9.23 Å². The highest BCUT2D eigenvalue weighted by molar-refractivity contribution is 5.24. The van der Waals surface area contributed by atoms with E-state index >= 15 is 0 Å². The van der Waals surface area contributed by atoms with Crippen molar-refractivity contribution in [3.8, 4) is 0 Å². The van der Waals surface area contributed by atoms with Crippen molar-refractivity contribution in [3.05, 3.63) is 59.9 Å². The van der Waals surface area contributed by atoms with Gasteiger partial charge in [0.1, 0.15) is 6.10 Å². The van der Waals surface area contributed by atoms with Crippen LogP contribution in [-0.4, -0.2) is 6.10 Å². The standard InChI is InChI=1S/C17H26O/c1-7-8-9-10-13-18-17(15(4)5)16(6)12-11-14(2)3/h8-13,17H,4,7H2,1-3,5-6H3/b9-8-,13-10+,16-12-. The molecular weight excluding hydrogens is 220 g/mol. The second kappa shape index (κ2) is 9.52. The van der Waals surface area contributed by atoms with Crippen molar-refractivity contribution in [2.75, 3.05) is 0 Å². The Morgan fingerprint density at radius 1 is 1.11 bits per heavy atom. The fourth-order valence-corrected chi connectivity index (χ4v) is 1.38. The molecule has 0 aromatic carbocycles.